The molecule has 9 aromatic rings. The largest absolute Gasteiger partial charge is 0.454 e. The zero-order valence-corrected chi connectivity index (χ0v) is 24.4. The Morgan fingerprint density at radius 1 is 0.500 bits per heavy atom. The number of hydrogen-bond donors (Lipinski definition) is 0. The Labute approximate surface area is 263 Å². The third kappa shape index (κ3) is 4.07. The van der Waals surface area contributed by atoms with Gasteiger partial charge in [0.2, 0.25) is 0 Å². The standard InChI is InChI=1S/C40H23N5O/c41-24-25-14-16-27(17-15-25)39-42-38(26-8-2-1-3-9-26)43-40(44-39)28-18-20-29(21-19-28)45-34-12-6-4-10-30(34)32-22-23-33-31-11-5-7-13-35(31)46-37(33)36(32)45/h1-23H. The summed E-state index contributed by atoms with van der Waals surface area (Å²) in [5, 5.41) is 13.8. The van der Waals surface area contributed by atoms with Gasteiger partial charge < -0.3 is 8.98 Å². The minimum Gasteiger partial charge on any atom is -0.454 e. The Morgan fingerprint density at radius 2 is 1.07 bits per heavy atom. The van der Waals surface area contributed by atoms with Gasteiger partial charge in [0.15, 0.2) is 23.1 Å². The van der Waals surface area contributed by atoms with Crippen molar-refractivity contribution in [3.63, 3.8) is 0 Å². The van der Waals surface area contributed by atoms with Crippen LogP contribution >= 0.6 is 0 Å². The van der Waals surface area contributed by atoms with E-state index in [-0.39, 0.29) is 0 Å². The van der Waals surface area contributed by atoms with E-state index in [1.807, 2.05) is 60.7 Å². The molecule has 0 unspecified atom stereocenters. The maximum Gasteiger partial charge on any atom is 0.164 e. The molecule has 0 radical (unpaired) electrons. The predicted molar refractivity (Wildman–Crippen MR) is 182 cm³/mol. The van der Waals surface area contributed by atoms with Crippen molar-refractivity contribution in [2.75, 3.05) is 0 Å². The van der Waals surface area contributed by atoms with Gasteiger partial charge in [0.05, 0.1) is 22.7 Å². The molecule has 0 amide bonds. The lowest BCUT2D eigenvalue weighted by atomic mass is 10.1. The molecule has 0 bridgehead atoms. The fourth-order valence-corrected chi connectivity index (χ4v) is 6.30. The van der Waals surface area contributed by atoms with Crippen molar-refractivity contribution in [3.8, 4) is 45.9 Å². The summed E-state index contributed by atoms with van der Waals surface area (Å²) >= 11 is 0. The highest BCUT2D eigenvalue weighted by molar-refractivity contribution is 6.21. The summed E-state index contributed by atoms with van der Waals surface area (Å²) in [6.45, 7) is 0. The van der Waals surface area contributed by atoms with Crippen molar-refractivity contribution < 1.29 is 4.42 Å². The summed E-state index contributed by atoms with van der Waals surface area (Å²) in [7, 11) is 0. The second-order valence-electron chi connectivity index (χ2n) is 11.2. The van der Waals surface area contributed by atoms with Crippen LogP contribution in [0.2, 0.25) is 0 Å². The predicted octanol–water partition coefficient (Wildman–Crippen LogP) is 9.74. The van der Waals surface area contributed by atoms with Crippen LogP contribution in [0.5, 0.6) is 0 Å². The number of fused-ring (bicyclic) bond motifs is 7. The van der Waals surface area contributed by atoms with E-state index in [2.05, 4.69) is 77.4 Å². The smallest absolute Gasteiger partial charge is 0.164 e. The van der Waals surface area contributed by atoms with Gasteiger partial charge in [0.25, 0.3) is 0 Å². The molecular formula is C40H23N5O. The van der Waals surface area contributed by atoms with Crippen LogP contribution in [-0.4, -0.2) is 19.5 Å². The lowest BCUT2D eigenvalue weighted by Crippen LogP contribution is -2.00. The number of benzene rings is 6. The monoisotopic (exact) mass is 589 g/mol. The molecule has 0 fully saturated rings. The van der Waals surface area contributed by atoms with Crippen LogP contribution < -0.4 is 0 Å². The fraction of sp³-hybridized carbons (Fsp3) is 0. The molecule has 0 aliphatic heterocycles. The molecule has 0 saturated heterocycles. The van der Waals surface area contributed by atoms with Gasteiger partial charge in [-0.15, -0.1) is 0 Å². The van der Waals surface area contributed by atoms with E-state index in [4.69, 9.17) is 19.4 Å². The molecule has 0 N–H and O–H groups in total. The van der Waals surface area contributed by atoms with E-state index < -0.39 is 0 Å². The summed E-state index contributed by atoms with van der Waals surface area (Å²) in [5.74, 6) is 1.71. The first-order chi connectivity index (χ1) is 22.7. The number of nitriles is 1. The van der Waals surface area contributed by atoms with Gasteiger partial charge >= 0.3 is 0 Å². The molecule has 9 rings (SSSR count). The molecule has 0 saturated carbocycles. The molecule has 6 heteroatoms. The van der Waals surface area contributed by atoms with Gasteiger partial charge in [-0.3, -0.25) is 0 Å². The molecule has 6 nitrogen and oxygen atoms in total. The minimum atomic E-state index is 0.548. The lowest BCUT2D eigenvalue weighted by Gasteiger charge is -2.11. The van der Waals surface area contributed by atoms with Crippen molar-refractivity contribution in [1.82, 2.24) is 19.5 Å². The van der Waals surface area contributed by atoms with Crippen molar-refractivity contribution in [3.05, 3.63) is 145 Å². The number of rotatable bonds is 4. The van der Waals surface area contributed by atoms with Crippen molar-refractivity contribution in [2.24, 2.45) is 0 Å². The van der Waals surface area contributed by atoms with Crippen molar-refractivity contribution >= 4 is 43.7 Å². The second kappa shape index (κ2) is 10.3. The minimum absolute atomic E-state index is 0.548. The summed E-state index contributed by atoms with van der Waals surface area (Å²) in [6.07, 6.45) is 0. The number of para-hydroxylation sites is 2. The third-order valence-corrected chi connectivity index (χ3v) is 8.50. The summed E-state index contributed by atoms with van der Waals surface area (Å²) < 4.78 is 8.79. The van der Waals surface area contributed by atoms with E-state index in [9.17, 15) is 5.26 Å². The molecule has 0 aliphatic carbocycles. The average molecular weight is 590 g/mol. The topological polar surface area (TPSA) is 80.5 Å². The Kier molecular flexibility index (Phi) is 5.77. The molecule has 214 valence electrons. The highest BCUT2D eigenvalue weighted by Gasteiger charge is 2.19. The first-order valence-corrected chi connectivity index (χ1v) is 15.0. The summed E-state index contributed by atoms with van der Waals surface area (Å²) in [5.41, 5.74) is 8.07. The highest BCUT2D eigenvalue weighted by atomic mass is 16.3. The van der Waals surface area contributed by atoms with Crippen LogP contribution in [0.1, 0.15) is 5.56 Å². The van der Waals surface area contributed by atoms with Gasteiger partial charge in [-0.1, -0.05) is 72.8 Å². The van der Waals surface area contributed by atoms with Crippen LogP contribution in [0.4, 0.5) is 0 Å². The van der Waals surface area contributed by atoms with Crippen LogP contribution in [-0.2, 0) is 0 Å². The molecule has 6 aromatic carbocycles. The molecule has 3 aromatic heterocycles. The molecule has 0 aliphatic rings. The average Bonchev–Trinajstić information content (AvgIpc) is 3.68. The Morgan fingerprint density at radius 3 is 1.76 bits per heavy atom. The van der Waals surface area contributed by atoms with Gasteiger partial charge in [-0.2, -0.15) is 5.26 Å². The van der Waals surface area contributed by atoms with E-state index in [1.165, 1.54) is 5.39 Å². The number of nitrogens with zero attached hydrogens (tertiary/aromatic N) is 5. The van der Waals surface area contributed by atoms with E-state index in [0.717, 1.165) is 60.7 Å². The van der Waals surface area contributed by atoms with Gasteiger partial charge in [0, 0.05) is 43.9 Å². The Bertz CT molecular complexity index is 2630. The summed E-state index contributed by atoms with van der Waals surface area (Å²) in [4.78, 5) is 14.6. The van der Waals surface area contributed by atoms with E-state index in [1.54, 1.807) is 12.1 Å². The van der Waals surface area contributed by atoms with E-state index in [0.29, 0.717) is 23.0 Å². The molecule has 46 heavy (non-hydrogen) atoms. The van der Waals surface area contributed by atoms with Crippen LogP contribution in [0.25, 0.3) is 83.6 Å². The zero-order valence-electron chi connectivity index (χ0n) is 24.4. The SMILES string of the molecule is N#Cc1ccc(-c2nc(-c3ccccc3)nc(-c3ccc(-n4c5ccccc5c5ccc6c7ccccc7oc6c54)cc3)n2)cc1. The van der Waals surface area contributed by atoms with Gasteiger partial charge in [-0.25, -0.2) is 15.0 Å². The first-order valence-electron chi connectivity index (χ1n) is 15.0. The number of furan rings is 1. The Hall–Kier alpha value is -6.58. The molecular weight excluding hydrogens is 566 g/mol. The normalized spacial score (nSPS) is 11.5. The molecule has 3 heterocycles. The lowest BCUT2D eigenvalue weighted by molar-refractivity contribution is 0.671. The van der Waals surface area contributed by atoms with Crippen molar-refractivity contribution in [1.29, 1.82) is 5.26 Å². The summed E-state index contributed by atoms with van der Waals surface area (Å²) in [6, 6.07) is 48.7. The van der Waals surface area contributed by atoms with Gasteiger partial charge in [0.1, 0.15) is 5.58 Å². The van der Waals surface area contributed by atoms with Crippen molar-refractivity contribution in [2.45, 2.75) is 0 Å². The molecule has 0 spiro atoms. The third-order valence-electron chi connectivity index (χ3n) is 8.50. The van der Waals surface area contributed by atoms with E-state index >= 15 is 0 Å². The number of aromatic nitrogens is 4. The quantitative estimate of drug-likeness (QED) is 0.204. The fourth-order valence-electron chi connectivity index (χ4n) is 6.30. The van der Waals surface area contributed by atoms with Crippen LogP contribution in [0, 0.1) is 11.3 Å². The molecule has 0 atom stereocenters. The maximum atomic E-state index is 9.28. The maximum absolute atomic E-state index is 9.28. The van der Waals surface area contributed by atoms with Crippen LogP contribution in [0.3, 0.4) is 0 Å². The van der Waals surface area contributed by atoms with Gasteiger partial charge in [-0.05, 0) is 66.7 Å². The second-order valence-corrected chi connectivity index (χ2v) is 11.2. The highest BCUT2D eigenvalue weighted by Crippen LogP contribution is 2.40. The number of hydrogen-bond acceptors (Lipinski definition) is 5. The Balaban J connectivity index is 1.22. The van der Waals surface area contributed by atoms with Crippen LogP contribution in [0.15, 0.2) is 144 Å². The first kappa shape index (κ1) is 25.9. The zero-order chi connectivity index (χ0) is 30.6.